The zero-order chi connectivity index (χ0) is 16.1. The summed E-state index contributed by atoms with van der Waals surface area (Å²) in [6, 6.07) is 0. The van der Waals surface area contributed by atoms with Crippen molar-refractivity contribution in [2.75, 3.05) is 26.8 Å². The lowest BCUT2D eigenvalue weighted by Crippen LogP contribution is -2.41. The maximum absolute atomic E-state index is 12.1. The van der Waals surface area contributed by atoms with Crippen molar-refractivity contribution in [3.05, 3.63) is 11.7 Å². The summed E-state index contributed by atoms with van der Waals surface area (Å²) in [5.74, 6) is 2.12. The third kappa shape index (κ3) is 5.00. The number of carbonyl (C=O) groups is 1. The Hall–Kier alpha value is -1.47. The Morgan fingerprint density at radius 1 is 1.30 bits per heavy atom. The van der Waals surface area contributed by atoms with Gasteiger partial charge in [0.1, 0.15) is 6.61 Å². The van der Waals surface area contributed by atoms with Crippen LogP contribution in [-0.4, -0.2) is 53.9 Å². The smallest absolute Gasteiger partial charge is 0.252 e. The van der Waals surface area contributed by atoms with Crippen LogP contribution in [0.1, 0.15) is 43.8 Å². The second-order valence-electron chi connectivity index (χ2n) is 6.39. The molecule has 0 radical (unpaired) electrons. The molecule has 0 spiro atoms. The van der Waals surface area contributed by atoms with Crippen molar-refractivity contribution in [3.8, 4) is 0 Å². The summed E-state index contributed by atoms with van der Waals surface area (Å²) in [6.45, 7) is 2.54. The van der Waals surface area contributed by atoms with E-state index >= 15 is 0 Å². The van der Waals surface area contributed by atoms with E-state index in [9.17, 15) is 4.79 Å². The Morgan fingerprint density at radius 3 is 2.78 bits per heavy atom. The maximum atomic E-state index is 12.1. The van der Waals surface area contributed by atoms with Gasteiger partial charge in [-0.05, 0) is 31.6 Å². The molecule has 1 aromatic heterocycles. The SMILES string of the molecule is COCc1nc(CCOC2CCN(C(=O)CC3CC3)CC2)no1. The van der Waals surface area contributed by atoms with Gasteiger partial charge in [0.05, 0.1) is 12.7 Å². The molecule has 1 aliphatic heterocycles. The third-order valence-corrected chi connectivity index (χ3v) is 4.41. The summed E-state index contributed by atoms with van der Waals surface area (Å²) in [7, 11) is 1.59. The van der Waals surface area contributed by atoms with Crippen molar-refractivity contribution < 1.29 is 18.8 Å². The summed E-state index contributed by atoms with van der Waals surface area (Å²) in [5.41, 5.74) is 0. The van der Waals surface area contributed by atoms with Crippen molar-refractivity contribution in [1.29, 1.82) is 0 Å². The lowest BCUT2D eigenvalue weighted by atomic mass is 10.1. The highest BCUT2D eigenvalue weighted by molar-refractivity contribution is 5.76. The largest absolute Gasteiger partial charge is 0.378 e. The van der Waals surface area contributed by atoms with E-state index in [1.807, 2.05) is 4.90 Å². The van der Waals surface area contributed by atoms with Crippen molar-refractivity contribution in [1.82, 2.24) is 15.0 Å². The Kier molecular flexibility index (Phi) is 5.61. The molecule has 1 aliphatic carbocycles. The molecule has 0 N–H and O–H groups in total. The zero-order valence-electron chi connectivity index (χ0n) is 13.7. The molecule has 3 rings (SSSR count). The monoisotopic (exact) mass is 323 g/mol. The minimum atomic E-state index is 0.227. The van der Waals surface area contributed by atoms with Crippen LogP contribution in [0.15, 0.2) is 4.52 Å². The van der Waals surface area contributed by atoms with Crippen LogP contribution in [-0.2, 0) is 27.3 Å². The van der Waals surface area contributed by atoms with Crippen molar-refractivity contribution >= 4 is 5.91 Å². The number of likely N-dealkylation sites (tertiary alicyclic amines) is 1. The quantitative estimate of drug-likeness (QED) is 0.722. The van der Waals surface area contributed by atoms with Gasteiger partial charge < -0.3 is 18.9 Å². The van der Waals surface area contributed by atoms with Gasteiger partial charge in [-0.1, -0.05) is 5.16 Å². The lowest BCUT2D eigenvalue weighted by molar-refractivity contribution is -0.134. The van der Waals surface area contributed by atoms with Crippen molar-refractivity contribution in [2.45, 2.75) is 51.2 Å². The molecular formula is C16H25N3O4. The molecule has 1 saturated carbocycles. The van der Waals surface area contributed by atoms with Crippen LogP contribution >= 0.6 is 0 Å². The molecule has 23 heavy (non-hydrogen) atoms. The molecule has 2 aliphatic rings. The van der Waals surface area contributed by atoms with E-state index in [0.717, 1.165) is 32.4 Å². The van der Waals surface area contributed by atoms with Gasteiger partial charge in [-0.3, -0.25) is 4.79 Å². The Bertz CT molecular complexity index is 507. The first-order chi connectivity index (χ1) is 11.2. The molecular weight excluding hydrogens is 298 g/mol. The molecule has 1 aromatic rings. The second kappa shape index (κ2) is 7.88. The van der Waals surface area contributed by atoms with E-state index in [1.54, 1.807) is 7.11 Å². The highest BCUT2D eigenvalue weighted by Crippen LogP contribution is 2.33. The molecule has 0 bridgehead atoms. The van der Waals surface area contributed by atoms with Crippen LogP contribution in [0.25, 0.3) is 0 Å². The van der Waals surface area contributed by atoms with Gasteiger partial charge in [0, 0.05) is 33.0 Å². The van der Waals surface area contributed by atoms with Crippen molar-refractivity contribution in [2.24, 2.45) is 5.92 Å². The predicted molar refractivity (Wildman–Crippen MR) is 81.6 cm³/mol. The first kappa shape index (κ1) is 16.4. The fraction of sp³-hybridized carbons (Fsp3) is 0.812. The minimum Gasteiger partial charge on any atom is -0.378 e. The number of nitrogens with zero attached hydrogens (tertiary/aromatic N) is 3. The highest BCUT2D eigenvalue weighted by atomic mass is 16.5. The lowest BCUT2D eigenvalue weighted by Gasteiger charge is -2.32. The van der Waals surface area contributed by atoms with E-state index in [2.05, 4.69) is 10.1 Å². The van der Waals surface area contributed by atoms with Gasteiger partial charge in [0.25, 0.3) is 5.89 Å². The number of hydrogen-bond acceptors (Lipinski definition) is 6. The van der Waals surface area contributed by atoms with Crippen LogP contribution in [0.3, 0.4) is 0 Å². The Morgan fingerprint density at radius 2 is 2.09 bits per heavy atom. The second-order valence-corrected chi connectivity index (χ2v) is 6.39. The van der Waals surface area contributed by atoms with Crippen LogP contribution in [0.4, 0.5) is 0 Å². The van der Waals surface area contributed by atoms with E-state index in [1.165, 1.54) is 12.8 Å². The van der Waals surface area contributed by atoms with E-state index in [4.69, 9.17) is 14.0 Å². The molecule has 0 unspecified atom stereocenters. The van der Waals surface area contributed by atoms with Crippen LogP contribution < -0.4 is 0 Å². The van der Waals surface area contributed by atoms with E-state index in [0.29, 0.717) is 43.2 Å². The average Bonchev–Trinajstić information content (AvgIpc) is 3.26. The number of ether oxygens (including phenoxy) is 2. The molecule has 7 nitrogen and oxygen atoms in total. The standard InChI is InChI=1S/C16H25N3O4/c1-21-11-15-17-14(18-23-15)6-9-22-13-4-7-19(8-5-13)16(20)10-12-2-3-12/h12-13H,2-11H2,1H3. The number of amides is 1. The number of rotatable bonds is 8. The molecule has 7 heteroatoms. The van der Waals surface area contributed by atoms with Gasteiger partial charge in [-0.25, -0.2) is 0 Å². The van der Waals surface area contributed by atoms with Gasteiger partial charge in [0.2, 0.25) is 5.91 Å². The molecule has 1 amide bonds. The van der Waals surface area contributed by atoms with Crippen LogP contribution in [0.2, 0.25) is 0 Å². The normalized spacial score (nSPS) is 19.3. The summed E-state index contributed by atoms with van der Waals surface area (Å²) in [6.07, 6.45) is 5.89. The molecule has 2 heterocycles. The first-order valence-corrected chi connectivity index (χ1v) is 8.44. The average molecular weight is 323 g/mol. The first-order valence-electron chi connectivity index (χ1n) is 8.44. The number of methoxy groups -OCH3 is 1. The van der Waals surface area contributed by atoms with Gasteiger partial charge in [-0.2, -0.15) is 4.98 Å². The number of aromatic nitrogens is 2. The molecule has 0 atom stereocenters. The van der Waals surface area contributed by atoms with Crippen LogP contribution in [0.5, 0.6) is 0 Å². The summed E-state index contributed by atoms with van der Waals surface area (Å²) in [5, 5.41) is 3.89. The highest BCUT2D eigenvalue weighted by Gasteiger charge is 2.29. The maximum Gasteiger partial charge on any atom is 0.252 e. The predicted octanol–water partition coefficient (Wildman–Crippen LogP) is 1.57. The number of piperidine rings is 1. The van der Waals surface area contributed by atoms with E-state index in [-0.39, 0.29) is 6.10 Å². The summed E-state index contributed by atoms with van der Waals surface area (Å²) < 4.78 is 15.9. The Balaban J connectivity index is 1.31. The molecule has 1 saturated heterocycles. The van der Waals surface area contributed by atoms with E-state index < -0.39 is 0 Å². The topological polar surface area (TPSA) is 77.7 Å². The fourth-order valence-corrected chi connectivity index (χ4v) is 2.86. The van der Waals surface area contributed by atoms with Crippen LogP contribution in [0, 0.1) is 5.92 Å². The zero-order valence-corrected chi connectivity index (χ0v) is 13.7. The third-order valence-electron chi connectivity index (χ3n) is 4.41. The summed E-state index contributed by atoms with van der Waals surface area (Å²) in [4.78, 5) is 18.3. The summed E-state index contributed by atoms with van der Waals surface area (Å²) >= 11 is 0. The molecule has 2 fully saturated rings. The van der Waals surface area contributed by atoms with Gasteiger partial charge >= 0.3 is 0 Å². The number of hydrogen-bond donors (Lipinski definition) is 0. The molecule has 128 valence electrons. The van der Waals surface area contributed by atoms with Crippen molar-refractivity contribution in [3.63, 3.8) is 0 Å². The van der Waals surface area contributed by atoms with Gasteiger partial charge in [0.15, 0.2) is 5.82 Å². The fourth-order valence-electron chi connectivity index (χ4n) is 2.86. The minimum absolute atomic E-state index is 0.227. The number of carbonyl (C=O) groups excluding carboxylic acids is 1. The van der Waals surface area contributed by atoms with Gasteiger partial charge in [-0.15, -0.1) is 0 Å². The molecule has 0 aromatic carbocycles. The Labute approximate surface area is 136 Å².